The van der Waals surface area contributed by atoms with Crippen molar-refractivity contribution in [3.05, 3.63) is 59.4 Å². The summed E-state index contributed by atoms with van der Waals surface area (Å²) in [4.78, 5) is 10.2. The van der Waals surface area contributed by atoms with Gasteiger partial charge in [-0.3, -0.25) is 0 Å². The maximum Gasteiger partial charge on any atom is 0.297 e. The van der Waals surface area contributed by atoms with Gasteiger partial charge in [-0.25, -0.2) is 18.7 Å². The maximum atomic E-state index is 13.2. The van der Waals surface area contributed by atoms with Gasteiger partial charge in [-0.15, -0.1) is 0 Å². The topological polar surface area (TPSA) is 38.2 Å². The van der Waals surface area contributed by atoms with Gasteiger partial charge < -0.3 is 9.64 Å². The molecule has 1 aliphatic heterocycles. The highest BCUT2D eigenvalue weighted by Crippen LogP contribution is 2.33. The molecule has 1 aromatic heterocycles. The zero-order chi connectivity index (χ0) is 17.4. The second-order valence-electron chi connectivity index (χ2n) is 5.99. The van der Waals surface area contributed by atoms with E-state index in [1.54, 1.807) is 19.2 Å². The fourth-order valence-corrected chi connectivity index (χ4v) is 3.36. The highest BCUT2D eigenvalue weighted by molar-refractivity contribution is 5.89. The molecule has 0 saturated carbocycles. The summed E-state index contributed by atoms with van der Waals surface area (Å²) >= 11 is 0. The number of nitrogens with zero attached hydrogens (tertiary/aromatic N) is 3. The van der Waals surface area contributed by atoms with Crippen molar-refractivity contribution in [3.8, 4) is 5.75 Å². The van der Waals surface area contributed by atoms with Gasteiger partial charge in [0, 0.05) is 24.0 Å². The minimum absolute atomic E-state index is 0.426. The molecule has 0 radical (unpaired) electrons. The van der Waals surface area contributed by atoms with Crippen molar-refractivity contribution in [1.82, 2.24) is 9.97 Å². The molecule has 128 valence electrons. The third-order valence-electron chi connectivity index (χ3n) is 4.54. The molecule has 3 aromatic rings. The van der Waals surface area contributed by atoms with E-state index in [9.17, 15) is 8.78 Å². The minimum atomic E-state index is -2.69. The Morgan fingerprint density at radius 2 is 1.92 bits per heavy atom. The standard InChI is InChI=1S/C19H17F2N3O/c1-25-16-8-4-5-12-11-24(10-9-13(12)16)19-14-6-2-3-7-15(14)22-18(23-19)17(20)21/h2-8,17H,9-11H2,1H3. The molecule has 2 aromatic carbocycles. The predicted octanol–water partition coefficient (Wildman–Crippen LogP) is 4.14. The van der Waals surface area contributed by atoms with Crippen molar-refractivity contribution in [1.29, 1.82) is 0 Å². The molecule has 2 heterocycles. The van der Waals surface area contributed by atoms with Crippen molar-refractivity contribution in [2.75, 3.05) is 18.6 Å². The Morgan fingerprint density at radius 3 is 2.72 bits per heavy atom. The number of aromatic nitrogens is 2. The molecule has 0 aliphatic carbocycles. The second-order valence-corrected chi connectivity index (χ2v) is 5.99. The normalized spacial score (nSPS) is 14.0. The Balaban J connectivity index is 1.80. The number of anilines is 1. The van der Waals surface area contributed by atoms with Gasteiger partial charge >= 0.3 is 0 Å². The van der Waals surface area contributed by atoms with Gasteiger partial charge in [0.15, 0.2) is 5.82 Å². The van der Waals surface area contributed by atoms with Gasteiger partial charge in [0.25, 0.3) is 6.43 Å². The van der Waals surface area contributed by atoms with E-state index in [0.29, 0.717) is 24.4 Å². The average molecular weight is 341 g/mol. The first-order valence-electron chi connectivity index (χ1n) is 8.12. The molecule has 0 saturated heterocycles. The first-order valence-corrected chi connectivity index (χ1v) is 8.12. The molecule has 0 spiro atoms. The average Bonchev–Trinajstić information content (AvgIpc) is 2.66. The quantitative estimate of drug-likeness (QED) is 0.718. The maximum absolute atomic E-state index is 13.2. The van der Waals surface area contributed by atoms with Gasteiger partial charge in [0.2, 0.25) is 0 Å². The van der Waals surface area contributed by atoms with E-state index in [1.807, 2.05) is 35.2 Å². The van der Waals surface area contributed by atoms with E-state index in [1.165, 1.54) is 5.56 Å². The predicted molar refractivity (Wildman–Crippen MR) is 92.2 cm³/mol. The van der Waals surface area contributed by atoms with E-state index in [4.69, 9.17) is 4.74 Å². The third-order valence-corrected chi connectivity index (χ3v) is 4.54. The van der Waals surface area contributed by atoms with Crippen LogP contribution in [0.1, 0.15) is 23.4 Å². The van der Waals surface area contributed by atoms with Gasteiger partial charge in [0.1, 0.15) is 11.6 Å². The lowest BCUT2D eigenvalue weighted by Crippen LogP contribution is -2.31. The summed E-state index contributed by atoms with van der Waals surface area (Å²) in [6.45, 7) is 1.30. The summed E-state index contributed by atoms with van der Waals surface area (Å²) in [6.07, 6.45) is -1.91. The molecule has 25 heavy (non-hydrogen) atoms. The number of alkyl halides is 2. The molecule has 4 nitrogen and oxygen atoms in total. The minimum Gasteiger partial charge on any atom is -0.496 e. The molecular formula is C19H17F2N3O. The summed E-state index contributed by atoms with van der Waals surface area (Å²) in [5.74, 6) is 1.01. The zero-order valence-electron chi connectivity index (χ0n) is 13.7. The van der Waals surface area contributed by atoms with E-state index >= 15 is 0 Å². The largest absolute Gasteiger partial charge is 0.496 e. The summed E-state index contributed by atoms with van der Waals surface area (Å²) in [5.41, 5.74) is 2.85. The van der Waals surface area contributed by atoms with Crippen LogP contribution in [0.3, 0.4) is 0 Å². The van der Waals surface area contributed by atoms with Crippen LogP contribution in [0.5, 0.6) is 5.75 Å². The number of methoxy groups -OCH3 is 1. The number of halogens is 2. The van der Waals surface area contributed by atoms with Crippen LogP contribution in [0.2, 0.25) is 0 Å². The fourth-order valence-electron chi connectivity index (χ4n) is 3.36. The zero-order valence-corrected chi connectivity index (χ0v) is 13.7. The Labute approximate surface area is 144 Å². The van der Waals surface area contributed by atoms with Crippen LogP contribution in [0.15, 0.2) is 42.5 Å². The molecule has 4 rings (SSSR count). The van der Waals surface area contributed by atoms with Crippen molar-refractivity contribution < 1.29 is 13.5 Å². The van der Waals surface area contributed by atoms with E-state index in [2.05, 4.69) is 9.97 Å². The third kappa shape index (κ3) is 2.77. The number of rotatable bonds is 3. The monoisotopic (exact) mass is 341 g/mol. The smallest absolute Gasteiger partial charge is 0.297 e. The first-order chi connectivity index (χ1) is 12.2. The first kappa shape index (κ1) is 15.7. The molecule has 0 N–H and O–H groups in total. The Morgan fingerprint density at radius 1 is 1.08 bits per heavy atom. The second kappa shape index (κ2) is 6.27. The molecular weight excluding hydrogens is 324 g/mol. The summed E-state index contributed by atoms with van der Waals surface area (Å²) in [5, 5.41) is 0.790. The molecule has 0 unspecified atom stereocenters. The van der Waals surface area contributed by atoms with Crippen LogP contribution in [0, 0.1) is 0 Å². The summed E-state index contributed by atoms with van der Waals surface area (Å²) in [7, 11) is 1.66. The number of benzene rings is 2. The number of para-hydroxylation sites is 1. The van der Waals surface area contributed by atoms with Gasteiger partial charge in [-0.1, -0.05) is 24.3 Å². The van der Waals surface area contributed by atoms with Crippen LogP contribution < -0.4 is 9.64 Å². The Hall–Kier alpha value is -2.76. The van der Waals surface area contributed by atoms with Crippen molar-refractivity contribution in [3.63, 3.8) is 0 Å². The molecule has 0 fully saturated rings. The molecule has 0 atom stereocenters. The number of hydrogen-bond acceptors (Lipinski definition) is 4. The SMILES string of the molecule is COc1cccc2c1CCN(c1nc(C(F)F)nc3ccccc13)C2. The highest BCUT2D eigenvalue weighted by Gasteiger charge is 2.24. The molecule has 0 amide bonds. The van der Waals surface area contributed by atoms with Crippen LogP contribution in [-0.4, -0.2) is 23.6 Å². The van der Waals surface area contributed by atoms with Crippen LogP contribution in [0.25, 0.3) is 10.9 Å². The Kier molecular flexibility index (Phi) is 3.95. The van der Waals surface area contributed by atoms with Gasteiger partial charge in [-0.2, -0.15) is 0 Å². The summed E-state index contributed by atoms with van der Waals surface area (Å²) in [6, 6.07) is 13.2. The highest BCUT2D eigenvalue weighted by atomic mass is 19.3. The van der Waals surface area contributed by atoms with Crippen LogP contribution in [0.4, 0.5) is 14.6 Å². The molecule has 1 aliphatic rings. The lowest BCUT2D eigenvalue weighted by atomic mass is 9.98. The van der Waals surface area contributed by atoms with E-state index in [0.717, 1.165) is 23.1 Å². The van der Waals surface area contributed by atoms with Gasteiger partial charge in [-0.05, 0) is 30.2 Å². The van der Waals surface area contributed by atoms with Crippen molar-refractivity contribution in [2.24, 2.45) is 0 Å². The number of hydrogen-bond donors (Lipinski definition) is 0. The number of fused-ring (bicyclic) bond motifs is 2. The van der Waals surface area contributed by atoms with Crippen LogP contribution >= 0.6 is 0 Å². The van der Waals surface area contributed by atoms with E-state index in [-0.39, 0.29) is 0 Å². The van der Waals surface area contributed by atoms with Gasteiger partial charge in [0.05, 0.1) is 12.6 Å². The molecule has 6 heteroatoms. The van der Waals surface area contributed by atoms with Crippen molar-refractivity contribution in [2.45, 2.75) is 19.4 Å². The Bertz CT molecular complexity index is 930. The fraction of sp³-hybridized carbons (Fsp3) is 0.263. The summed E-state index contributed by atoms with van der Waals surface area (Å²) < 4.78 is 31.9. The van der Waals surface area contributed by atoms with Crippen molar-refractivity contribution >= 4 is 16.7 Å². The lowest BCUT2D eigenvalue weighted by molar-refractivity contribution is 0.141. The lowest BCUT2D eigenvalue weighted by Gasteiger charge is -2.31. The number of ether oxygens (including phenoxy) is 1. The molecule has 0 bridgehead atoms. The van der Waals surface area contributed by atoms with Crippen LogP contribution in [-0.2, 0) is 13.0 Å². The van der Waals surface area contributed by atoms with E-state index < -0.39 is 12.2 Å².